The van der Waals surface area contributed by atoms with E-state index in [-0.39, 0.29) is 5.54 Å². The first kappa shape index (κ1) is 17.0. The molecular formula is C16H28N2O2. The summed E-state index contributed by atoms with van der Waals surface area (Å²) < 4.78 is 10.7. The molecule has 1 aromatic carbocycles. The SMILES string of the molecule is COCC(C)(CN)N(C)C(C)Cc1ccccc1OC. The van der Waals surface area contributed by atoms with Crippen molar-refractivity contribution in [3.05, 3.63) is 29.8 Å². The number of likely N-dealkylation sites (N-methyl/N-ethyl adjacent to an activating group) is 1. The molecule has 1 rings (SSSR count). The normalized spacial score (nSPS) is 15.9. The number of ether oxygens (including phenoxy) is 2. The van der Waals surface area contributed by atoms with E-state index >= 15 is 0 Å². The Balaban J connectivity index is 2.81. The van der Waals surface area contributed by atoms with Crippen LogP contribution in [0.1, 0.15) is 19.4 Å². The molecule has 4 heteroatoms. The van der Waals surface area contributed by atoms with Crippen molar-refractivity contribution in [1.82, 2.24) is 4.90 Å². The fourth-order valence-corrected chi connectivity index (χ4v) is 2.47. The lowest BCUT2D eigenvalue weighted by Crippen LogP contribution is -2.56. The van der Waals surface area contributed by atoms with E-state index < -0.39 is 0 Å². The lowest BCUT2D eigenvalue weighted by Gasteiger charge is -2.41. The van der Waals surface area contributed by atoms with E-state index in [9.17, 15) is 0 Å². The number of methoxy groups -OCH3 is 2. The van der Waals surface area contributed by atoms with Gasteiger partial charge in [-0.25, -0.2) is 0 Å². The van der Waals surface area contributed by atoms with Crippen LogP contribution in [0.15, 0.2) is 24.3 Å². The number of hydrogen-bond donors (Lipinski definition) is 1. The maximum atomic E-state index is 5.93. The van der Waals surface area contributed by atoms with Crippen LogP contribution < -0.4 is 10.5 Å². The van der Waals surface area contributed by atoms with Gasteiger partial charge in [-0.15, -0.1) is 0 Å². The van der Waals surface area contributed by atoms with Crippen LogP contribution in [0.5, 0.6) is 5.75 Å². The fraction of sp³-hybridized carbons (Fsp3) is 0.625. The minimum atomic E-state index is -0.157. The minimum Gasteiger partial charge on any atom is -0.496 e. The third-order valence-electron chi connectivity index (χ3n) is 4.12. The van der Waals surface area contributed by atoms with Crippen LogP contribution >= 0.6 is 0 Å². The summed E-state index contributed by atoms with van der Waals surface area (Å²) in [4.78, 5) is 2.29. The minimum absolute atomic E-state index is 0.157. The van der Waals surface area contributed by atoms with Crippen LogP contribution in [0.2, 0.25) is 0 Å². The molecule has 4 nitrogen and oxygen atoms in total. The lowest BCUT2D eigenvalue weighted by atomic mass is 9.97. The van der Waals surface area contributed by atoms with Gasteiger partial charge in [-0.1, -0.05) is 18.2 Å². The van der Waals surface area contributed by atoms with Crippen molar-refractivity contribution in [2.75, 3.05) is 34.4 Å². The van der Waals surface area contributed by atoms with E-state index in [1.54, 1.807) is 14.2 Å². The van der Waals surface area contributed by atoms with Gasteiger partial charge in [0.15, 0.2) is 0 Å². The average Bonchev–Trinajstić information content (AvgIpc) is 2.47. The van der Waals surface area contributed by atoms with Gasteiger partial charge in [0.25, 0.3) is 0 Å². The van der Waals surface area contributed by atoms with Gasteiger partial charge in [0.1, 0.15) is 5.75 Å². The molecule has 0 aliphatic rings. The Labute approximate surface area is 122 Å². The molecule has 2 N–H and O–H groups in total. The third-order valence-corrected chi connectivity index (χ3v) is 4.12. The topological polar surface area (TPSA) is 47.7 Å². The summed E-state index contributed by atoms with van der Waals surface area (Å²) in [5.74, 6) is 0.939. The van der Waals surface area contributed by atoms with Crippen LogP contribution in [0.4, 0.5) is 0 Å². The van der Waals surface area contributed by atoms with E-state index in [1.165, 1.54) is 5.56 Å². The van der Waals surface area contributed by atoms with Crippen molar-refractivity contribution < 1.29 is 9.47 Å². The number of para-hydroxylation sites is 1. The summed E-state index contributed by atoms with van der Waals surface area (Å²) in [6.45, 7) is 5.52. The molecule has 0 radical (unpaired) electrons. The van der Waals surface area contributed by atoms with Crippen molar-refractivity contribution in [2.24, 2.45) is 5.73 Å². The predicted molar refractivity (Wildman–Crippen MR) is 83.3 cm³/mol. The monoisotopic (exact) mass is 280 g/mol. The van der Waals surface area contributed by atoms with E-state index in [0.717, 1.165) is 12.2 Å². The Morgan fingerprint density at radius 1 is 1.30 bits per heavy atom. The quantitative estimate of drug-likeness (QED) is 0.790. The average molecular weight is 280 g/mol. The van der Waals surface area contributed by atoms with E-state index in [4.69, 9.17) is 15.2 Å². The molecule has 0 spiro atoms. The van der Waals surface area contributed by atoms with Crippen molar-refractivity contribution in [3.8, 4) is 5.75 Å². The molecule has 0 aliphatic carbocycles. The molecule has 1 aromatic rings. The molecule has 0 saturated carbocycles. The smallest absolute Gasteiger partial charge is 0.122 e. The fourth-order valence-electron chi connectivity index (χ4n) is 2.47. The first-order valence-corrected chi connectivity index (χ1v) is 7.02. The lowest BCUT2D eigenvalue weighted by molar-refractivity contribution is 0.0218. The van der Waals surface area contributed by atoms with E-state index in [2.05, 4.69) is 31.9 Å². The van der Waals surface area contributed by atoms with Gasteiger partial charge in [0.2, 0.25) is 0 Å². The van der Waals surface area contributed by atoms with Gasteiger partial charge in [-0.3, -0.25) is 4.90 Å². The summed E-state index contributed by atoms with van der Waals surface area (Å²) in [6, 6.07) is 8.49. The zero-order chi connectivity index (χ0) is 15.2. The van der Waals surface area contributed by atoms with Crippen molar-refractivity contribution >= 4 is 0 Å². The van der Waals surface area contributed by atoms with Crippen LogP contribution in [0.25, 0.3) is 0 Å². The molecule has 0 bridgehead atoms. The number of hydrogen-bond acceptors (Lipinski definition) is 4. The molecule has 0 saturated heterocycles. The van der Waals surface area contributed by atoms with Gasteiger partial charge >= 0.3 is 0 Å². The molecule has 2 unspecified atom stereocenters. The highest BCUT2D eigenvalue weighted by atomic mass is 16.5. The van der Waals surface area contributed by atoms with E-state index in [1.807, 2.05) is 18.2 Å². The maximum absolute atomic E-state index is 5.93. The van der Waals surface area contributed by atoms with E-state index in [0.29, 0.717) is 19.2 Å². The Kier molecular flexibility index (Phi) is 6.46. The van der Waals surface area contributed by atoms with Crippen LogP contribution in [-0.4, -0.2) is 50.9 Å². The second-order valence-corrected chi connectivity index (χ2v) is 5.61. The summed E-state index contributed by atoms with van der Waals surface area (Å²) in [5, 5.41) is 0. The maximum Gasteiger partial charge on any atom is 0.122 e. The zero-order valence-corrected chi connectivity index (χ0v) is 13.3. The highest BCUT2D eigenvalue weighted by molar-refractivity contribution is 5.33. The first-order chi connectivity index (χ1) is 9.48. The standard InChI is InChI=1S/C16H28N2O2/c1-13(18(3)16(2,11-17)12-19-4)10-14-8-6-7-9-15(14)20-5/h6-9,13H,10-12,17H2,1-5H3. The van der Waals surface area contributed by atoms with Gasteiger partial charge in [-0.05, 0) is 38.9 Å². The summed E-state index contributed by atoms with van der Waals surface area (Å²) in [6.07, 6.45) is 0.916. The van der Waals surface area contributed by atoms with Gasteiger partial charge in [-0.2, -0.15) is 0 Å². The third kappa shape index (κ3) is 3.95. The molecule has 114 valence electrons. The summed E-state index contributed by atoms with van der Waals surface area (Å²) in [5.41, 5.74) is 6.99. The molecule has 0 aliphatic heterocycles. The number of rotatable bonds is 8. The molecule has 0 fully saturated rings. The second-order valence-electron chi connectivity index (χ2n) is 5.61. The van der Waals surface area contributed by atoms with Crippen LogP contribution in [0, 0.1) is 0 Å². The Morgan fingerprint density at radius 2 is 1.95 bits per heavy atom. The molecule has 20 heavy (non-hydrogen) atoms. The van der Waals surface area contributed by atoms with Gasteiger partial charge in [0.05, 0.1) is 19.3 Å². The molecule has 0 aromatic heterocycles. The van der Waals surface area contributed by atoms with Crippen molar-refractivity contribution in [2.45, 2.75) is 31.8 Å². The number of benzene rings is 1. The Morgan fingerprint density at radius 3 is 2.50 bits per heavy atom. The Bertz CT molecular complexity index is 411. The predicted octanol–water partition coefficient (Wildman–Crippen LogP) is 1.92. The van der Waals surface area contributed by atoms with Crippen molar-refractivity contribution in [1.29, 1.82) is 0 Å². The van der Waals surface area contributed by atoms with Crippen molar-refractivity contribution in [3.63, 3.8) is 0 Å². The van der Waals surface area contributed by atoms with Crippen LogP contribution in [-0.2, 0) is 11.2 Å². The molecule has 0 amide bonds. The highest BCUT2D eigenvalue weighted by Gasteiger charge is 2.31. The number of nitrogens with zero attached hydrogens (tertiary/aromatic N) is 1. The first-order valence-electron chi connectivity index (χ1n) is 7.02. The highest BCUT2D eigenvalue weighted by Crippen LogP contribution is 2.23. The largest absolute Gasteiger partial charge is 0.496 e. The Hall–Kier alpha value is -1.10. The van der Waals surface area contributed by atoms with Gasteiger partial charge in [0, 0.05) is 19.7 Å². The number of nitrogens with two attached hydrogens (primary N) is 1. The summed E-state index contributed by atoms with van der Waals surface area (Å²) >= 11 is 0. The zero-order valence-electron chi connectivity index (χ0n) is 13.3. The van der Waals surface area contributed by atoms with Crippen LogP contribution in [0.3, 0.4) is 0 Å². The second kappa shape index (κ2) is 7.62. The molecule has 2 atom stereocenters. The van der Waals surface area contributed by atoms with Gasteiger partial charge < -0.3 is 15.2 Å². The summed E-state index contributed by atoms with van der Waals surface area (Å²) in [7, 11) is 5.53. The molecule has 0 heterocycles. The molecular weight excluding hydrogens is 252 g/mol.